The van der Waals surface area contributed by atoms with Crippen molar-refractivity contribution < 1.29 is 13.5 Å². The lowest BCUT2D eigenvalue weighted by atomic mass is 9.93. The molecule has 0 unspecified atom stereocenters. The summed E-state index contributed by atoms with van der Waals surface area (Å²) in [7, 11) is -3.58. The summed E-state index contributed by atoms with van der Waals surface area (Å²) < 4.78 is 28.2. The number of anilines is 3. The molecular formula is C24H24BrN5O3S. The number of nitrogens with one attached hydrogen (secondary N) is 2. The van der Waals surface area contributed by atoms with Crippen molar-refractivity contribution in [3.8, 4) is 0 Å². The van der Waals surface area contributed by atoms with Gasteiger partial charge in [0.05, 0.1) is 26.6 Å². The molecule has 2 heterocycles. The molecule has 0 radical (unpaired) electrons. The second-order valence-electron chi connectivity index (χ2n) is 8.37. The Morgan fingerprint density at radius 2 is 1.65 bits per heavy atom. The van der Waals surface area contributed by atoms with Crippen LogP contribution in [0.25, 0.3) is 5.65 Å². The number of aliphatic hydroxyl groups is 1. The fraction of sp³-hybridized carbons (Fsp3) is 0.250. The van der Waals surface area contributed by atoms with Crippen LogP contribution in [0.1, 0.15) is 25.7 Å². The Labute approximate surface area is 206 Å². The molecule has 8 nitrogen and oxygen atoms in total. The van der Waals surface area contributed by atoms with Gasteiger partial charge in [-0.25, -0.2) is 13.4 Å². The third kappa shape index (κ3) is 4.66. The maximum Gasteiger partial charge on any atom is 0.206 e. The van der Waals surface area contributed by atoms with Gasteiger partial charge in [-0.3, -0.25) is 0 Å². The number of aliphatic hydroxyl groups excluding tert-OH is 1. The highest BCUT2D eigenvalue weighted by Crippen LogP contribution is 2.28. The van der Waals surface area contributed by atoms with Crippen LogP contribution in [0.4, 0.5) is 17.3 Å². The van der Waals surface area contributed by atoms with E-state index < -0.39 is 9.84 Å². The summed E-state index contributed by atoms with van der Waals surface area (Å²) in [5.74, 6) is 1.40. The van der Waals surface area contributed by atoms with Gasteiger partial charge in [0, 0.05) is 17.8 Å². The first-order chi connectivity index (χ1) is 16.4. The average molecular weight is 542 g/mol. The Hall–Kier alpha value is -2.95. The van der Waals surface area contributed by atoms with Gasteiger partial charge < -0.3 is 15.7 Å². The summed E-state index contributed by atoms with van der Waals surface area (Å²) >= 11 is 3.51. The van der Waals surface area contributed by atoms with Gasteiger partial charge in [0.25, 0.3) is 0 Å². The zero-order chi connectivity index (χ0) is 23.7. The van der Waals surface area contributed by atoms with E-state index in [1.165, 1.54) is 0 Å². The van der Waals surface area contributed by atoms with Gasteiger partial charge in [0.2, 0.25) is 9.84 Å². The summed E-state index contributed by atoms with van der Waals surface area (Å²) in [4.78, 5) is 5.18. The Morgan fingerprint density at radius 1 is 0.971 bits per heavy atom. The van der Waals surface area contributed by atoms with E-state index in [1.807, 2.05) is 6.07 Å². The van der Waals surface area contributed by atoms with Gasteiger partial charge in [-0.05, 0) is 78.0 Å². The molecule has 34 heavy (non-hydrogen) atoms. The molecule has 1 aliphatic rings. The van der Waals surface area contributed by atoms with E-state index in [2.05, 4.69) is 31.7 Å². The zero-order valence-electron chi connectivity index (χ0n) is 18.2. The van der Waals surface area contributed by atoms with E-state index in [4.69, 9.17) is 4.98 Å². The Kier molecular flexibility index (Phi) is 6.28. The molecule has 4 aromatic rings. The third-order valence-corrected chi connectivity index (χ3v) is 8.31. The van der Waals surface area contributed by atoms with Crippen LogP contribution < -0.4 is 10.6 Å². The molecule has 10 heteroatoms. The van der Waals surface area contributed by atoms with Gasteiger partial charge in [0.15, 0.2) is 5.65 Å². The lowest BCUT2D eigenvalue weighted by molar-refractivity contribution is 0.126. The third-order valence-electron chi connectivity index (χ3n) is 5.97. The van der Waals surface area contributed by atoms with Crippen LogP contribution >= 0.6 is 15.9 Å². The second-order valence-corrected chi connectivity index (χ2v) is 11.2. The molecule has 176 valence electrons. The quantitative estimate of drug-likeness (QED) is 0.322. The first kappa shape index (κ1) is 22.8. The SMILES string of the molecule is O=S(=O)(c1ccccc1)c1ccc(Nc2cc(NC3CCC(O)CC3)nc3c(Br)cnn23)cc1. The number of hydrogen-bond donors (Lipinski definition) is 3. The number of fused-ring (bicyclic) bond motifs is 1. The molecule has 0 bridgehead atoms. The number of hydrogen-bond acceptors (Lipinski definition) is 7. The minimum atomic E-state index is -3.58. The number of halogens is 1. The van der Waals surface area contributed by atoms with Gasteiger partial charge in [0.1, 0.15) is 11.6 Å². The Balaban J connectivity index is 1.41. The fourth-order valence-corrected chi connectivity index (χ4v) is 5.76. The van der Waals surface area contributed by atoms with Crippen LogP contribution in [0.15, 0.2) is 81.1 Å². The molecule has 0 saturated heterocycles. The van der Waals surface area contributed by atoms with Gasteiger partial charge in [-0.2, -0.15) is 9.61 Å². The molecular weight excluding hydrogens is 518 g/mol. The number of nitrogens with zero attached hydrogens (tertiary/aromatic N) is 3. The lowest BCUT2D eigenvalue weighted by Crippen LogP contribution is -2.28. The van der Waals surface area contributed by atoms with Crippen molar-refractivity contribution in [2.45, 2.75) is 47.6 Å². The Morgan fingerprint density at radius 3 is 2.35 bits per heavy atom. The van der Waals surface area contributed by atoms with Crippen LogP contribution in [-0.4, -0.2) is 40.3 Å². The van der Waals surface area contributed by atoms with E-state index >= 15 is 0 Å². The van der Waals surface area contributed by atoms with Gasteiger partial charge >= 0.3 is 0 Å². The standard InChI is InChI=1S/C24H24BrN5O3S/c25-21-15-26-30-23(14-22(29-24(21)30)27-16-6-10-18(31)11-7-16)28-17-8-12-20(13-9-17)34(32,33)19-4-2-1-3-5-19/h1-5,8-9,12-16,18,28,31H,6-7,10-11H2,(H,27,29). The van der Waals surface area contributed by atoms with E-state index in [-0.39, 0.29) is 21.9 Å². The first-order valence-corrected chi connectivity index (χ1v) is 13.3. The monoisotopic (exact) mass is 541 g/mol. The molecule has 1 fully saturated rings. The van der Waals surface area contributed by atoms with E-state index in [1.54, 1.807) is 65.3 Å². The van der Waals surface area contributed by atoms with Crippen LogP contribution in [0, 0.1) is 0 Å². The maximum atomic E-state index is 12.9. The predicted molar refractivity (Wildman–Crippen MR) is 134 cm³/mol. The second kappa shape index (κ2) is 9.36. The first-order valence-electron chi connectivity index (χ1n) is 11.1. The maximum absolute atomic E-state index is 12.9. The molecule has 3 N–H and O–H groups in total. The van der Waals surface area contributed by atoms with Crippen LogP contribution in [0.3, 0.4) is 0 Å². The van der Waals surface area contributed by atoms with E-state index in [9.17, 15) is 13.5 Å². The predicted octanol–water partition coefficient (Wildman–Crippen LogP) is 4.78. The van der Waals surface area contributed by atoms with Crippen molar-refractivity contribution in [2.75, 3.05) is 10.6 Å². The molecule has 1 saturated carbocycles. The number of rotatable bonds is 6. The molecule has 0 spiro atoms. The molecule has 5 rings (SSSR count). The lowest BCUT2D eigenvalue weighted by Gasteiger charge is -2.26. The van der Waals surface area contributed by atoms with Crippen molar-refractivity contribution in [2.24, 2.45) is 0 Å². The largest absolute Gasteiger partial charge is 0.393 e. The van der Waals surface area contributed by atoms with Gasteiger partial charge in [-0.1, -0.05) is 18.2 Å². The topological polar surface area (TPSA) is 109 Å². The van der Waals surface area contributed by atoms with Crippen LogP contribution in [-0.2, 0) is 9.84 Å². The molecule has 0 amide bonds. The van der Waals surface area contributed by atoms with Crippen molar-refractivity contribution >= 4 is 48.7 Å². The highest BCUT2D eigenvalue weighted by Gasteiger charge is 2.21. The summed E-state index contributed by atoms with van der Waals surface area (Å²) in [5, 5.41) is 21.0. The highest BCUT2D eigenvalue weighted by atomic mass is 79.9. The van der Waals surface area contributed by atoms with Crippen LogP contribution in [0.5, 0.6) is 0 Å². The smallest absolute Gasteiger partial charge is 0.206 e. The fourth-order valence-electron chi connectivity index (χ4n) is 4.13. The highest BCUT2D eigenvalue weighted by molar-refractivity contribution is 9.10. The van der Waals surface area contributed by atoms with Crippen molar-refractivity contribution in [3.63, 3.8) is 0 Å². The molecule has 1 aliphatic carbocycles. The zero-order valence-corrected chi connectivity index (χ0v) is 20.6. The number of aromatic nitrogens is 3. The van der Waals surface area contributed by atoms with Crippen LogP contribution in [0.2, 0.25) is 0 Å². The molecule has 0 atom stereocenters. The normalized spacial score (nSPS) is 18.6. The molecule has 2 aromatic carbocycles. The molecule has 0 aliphatic heterocycles. The van der Waals surface area contributed by atoms with E-state index in [0.29, 0.717) is 17.3 Å². The summed E-state index contributed by atoms with van der Waals surface area (Å²) in [6.07, 6.45) is 4.79. The van der Waals surface area contributed by atoms with Gasteiger partial charge in [-0.15, -0.1) is 0 Å². The number of sulfone groups is 1. The van der Waals surface area contributed by atoms with E-state index in [0.717, 1.165) is 35.8 Å². The summed E-state index contributed by atoms with van der Waals surface area (Å²) in [5.41, 5.74) is 1.38. The minimum Gasteiger partial charge on any atom is -0.393 e. The summed E-state index contributed by atoms with van der Waals surface area (Å²) in [6, 6.07) is 17.2. The van der Waals surface area contributed by atoms with Crippen molar-refractivity contribution in [3.05, 3.63) is 71.3 Å². The van der Waals surface area contributed by atoms with Crippen molar-refractivity contribution in [1.82, 2.24) is 14.6 Å². The minimum absolute atomic E-state index is 0.219. The molecule has 2 aromatic heterocycles. The number of benzene rings is 2. The average Bonchev–Trinajstić information content (AvgIpc) is 3.22. The summed E-state index contributed by atoms with van der Waals surface area (Å²) in [6.45, 7) is 0. The Bertz CT molecular complexity index is 1400. The van der Waals surface area contributed by atoms with Crippen molar-refractivity contribution in [1.29, 1.82) is 0 Å².